The van der Waals surface area contributed by atoms with E-state index >= 15 is 0 Å². The van der Waals surface area contributed by atoms with E-state index in [1.165, 1.54) is 17.4 Å². The highest BCUT2D eigenvalue weighted by molar-refractivity contribution is 7.89. The summed E-state index contributed by atoms with van der Waals surface area (Å²) < 4.78 is 26.5. The second-order valence-corrected chi connectivity index (χ2v) is 6.25. The van der Waals surface area contributed by atoms with E-state index in [1.54, 1.807) is 29.8 Å². The number of pyridine rings is 1. The Morgan fingerprint density at radius 3 is 2.83 bits per heavy atom. The standard InChI is InChI=1S/C11H12N2O3S2/c14-8-10-11(4-6-17-10)18(15,16)13-7-9-3-1-2-5-12-9/h1-6,13-14H,7-8H2. The Hall–Kier alpha value is -1.28. The molecule has 0 aliphatic rings. The van der Waals surface area contributed by atoms with Crippen LogP contribution in [0.5, 0.6) is 0 Å². The fraction of sp³-hybridized carbons (Fsp3) is 0.182. The number of aromatic nitrogens is 1. The lowest BCUT2D eigenvalue weighted by Crippen LogP contribution is -2.24. The van der Waals surface area contributed by atoms with Gasteiger partial charge in [-0.25, -0.2) is 13.1 Å². The first-order chi connectivity index (χ1) is 8.63. The number of aliphatic hydroxyl groups excluding tert-OH is 1. The molecule has 2 heterocycles. The molecule has 0 unspecified atom stereocenters. The van der Waals surface area contributed by atoms with Crippen LogP contribution in [-0.4, -0.2) is 18.5 Å². The van der Waals surface area contributed by atoms with Crippen molar-refractivity contribution in [2.75, 3.05) is 0 Å². The zero-order chi connectivity index (χ0) is 13.0. The second-order valence-electron chi connectivity index (χ2n) is 3.51. The number of hydrogen-bond acceptors (Lipinski definition) is 5. The first kappa shape index (κ1) is 13.2. The van der Waals surface area contributed by atoms with E-state index in [0.717, 1.165) is 0 Å². The lowest BCUT2D eigenvalue weighted by atomic mass is 10.4. The van der Waals surface area contributed by atoms with Crippen molar-refractivity contribution in [1.29, 1.82) is 0 Å². The minimum Gasteiger partial charge on any atom is -0.391 e. The van der Waals surface area contributed by atoms with Crippen LogP contribution in [-0.2, 0) is 23.2 Å². The zero-order valence-corrected chi connectivity index (χ0v) is 11.0. The van der Waals surface area contributed by atoms with Gasteiger partial charge in [0.2, 0.25) is 10.0 Å². The fourth-order valence-electron chi connectivity index (χ4n) is 1.43. The second kappa shape index (κ2) is 5.57. The topological polar surface area (TPSA) is 79.3 Å². The van der Waals surface area contributed by atoms with E-state index in [9.17, 15) is 8.42 Å². The average Bonchev–Trinajstić information content (AvgIpc) is 2.87. The predicted molar refractivity (Wildman–Crippen MR) is 68.5 cm³/mol. The molecule has 96 valence electrons. The van der Waals surface area contributed by atoms with Crippen molar-refractivity contribution in [2.24, 2.45) is 0 Å². The Labute approximate surface area is 109 Å². The quantitative estimate of drug-likeness (QED) is 0.862. The number of rotatable bonds is 5. The lowest BCUT2D eigenvalue weighted by molar-refractivity contribution is 0.282. The largest absolute Gasteiger partial charge is 0.391 e. The van der Waals surface area contributed by atoms with E-state index in [-0.39, 0.29) is 18.0 Å². The van der Waals surface area contributed by atoms with Crippen LogP contribution in [0.3, 0.4) is 0 Å². The van der Waals surface area contributed by atoms with Gasteiger partial charge in [0.25, 0.3) is 0 Å². The maximum Gasteiger partial charge on any atom is 0.242 e. The summed E-state index contributed by atoms with van der Waals surface area (Å²) >= 11 is 1.21. The van der Waals surface area contributed by atoms with Crippen LogP contribution in [0.4, 0.5) is 0 Å². The summed E-state index contributed by atoms with van der Waals surface area (Å²) in [5, 5.41) is 10.7. The molecular weight excluding hydrogens is 272 g/mol. The molecule has 2 N–H and O–H groups in total. The first-order valence-corrected chi connectivity index (χ1v) is 7.56. The third kappa shape index (κ3) is 2.94. The Bertz CT molecular complexity index is 608. The Morgan fingerprint density at radius 2 is 2.17 bits per heavy atom. The van der Waals surface area contributed by atoms with Crippen LogP contribution in [0.15, 0.2) is 40.7 Å². The maximum absolute atomic E-state index is 12.0. The van der Waals surface area contributed by atoms with Gasteiger partial charge in [-0.05, 0) is 23.6 Å². The molecule has 0 aliphatic heterocycles. The molecule has 0 atom stereocenters. The van der Waals surface area contributed by atoms with E-state index in [1.807, 2.05) is 0 Å². The van der Waals surface area contributed by atoms with Crippen molar-refractivity contribution < 1.29 is 13.5 Å². The third-order valence-electron chi connectivity index (χ3n) is 2.31. The molecule has 2 rings (SSSR count). The fourth-order valence-corrected chi connectivity index (χ4v) is 3.72. The van der Waals surface area contributed by atoms with E-state index in [0.29, 0.717) is 10.6 Å². The summed E-state index contributed by atoms with van der Waals surface area (Å²) in [7, 11) is -3.60. The molecular formula is C11H12N2O3S2. The highest BCUT2D eigenvalue weighted by atomic mass is 32.2. The highest BCUT2D eigenvalue weighted by Crippen LogP contribution is 2.21. The molecule has 0 aliphatic carbocycles. The van der Waals surface area contributed by atoms with Gasteiger partial charge in [0.15, 0.2) is 0 Å². The van der Waals surface area contributed by atoms with Gasteiger partial charge in [-0.2, -0.15) is 0 Å². The van der Waals surface area contributed by atoms with Crippen molar-refractivity contribution in [2.45, 2.75) is 18.0 Å². The van der Waals surface area contributed by atoms with Gasteiger partial charge in [0.05, 0.1) is 23.7 Å². The molecule has 7 heteroatoms. The van der Waals surface area contributed by atoms with Gasteiger partial charge in [-0.15, -0.1) is 11.3 Å². The van der Waals surface area contributed by atoms with Gasteiger partial charge in [-0.3, -0.25) is 4.98 Å². The van der Waals surface area contributed by atoms with Crippen molar-refractivity contribution in [3.8, 4) is 0 Å². The molecule has 2 aromatic rings. The molecule has 0 amide bonds. The van der Waals surface area contributed by atoms with E-state index < -0.39 is 10.0 Å². The molecule has 0 radical (unpaired) electrons. The van der Waals surface area contributed by atoms with Crippen molar-refractivity contribution in [3.63, 3.8) is 0 Å². The van der Waals surface area contributed by atoms with Gasteiger partial charge in [0.1, 0.15) is 0 Å². The molecule has 5 nitrogen and oxygen atoms in total. The van der Waals surface area contributed by atoms with Crippen LogP contribution in [0, 0.1) is 0 Å². The van der Waals surface area contributed by atoms with Crippen LogP contribution < -0.4 is 4.72 Å². The molecule has 0 bridgehead atoms. The minimum absolute atomic E-state index is 0.129. The number of aliphatic hydroxyl groups is 1. The van der Waals surface area contributed by atoms with Crippen LogP contribution in [0.2, 0.25) is 0 Å². The molecule has 0 spiro atoms. The number of nitrogens with zero attached hydrogens (tertiary/aromatic N) is 1. The number of sulfonamides is 1. The molecule has 0 fully saturated rings. The monoisotopic (exact) mass is 284 g/mol. The molecule has 0 aromatic carbocycles. The highest BCUT2D eigenvalue weighted by Gasteiger charge is 2.18. The smallest absolute Gasteiger partial charge is 0.242 e. The molecule has 2 aromatic heterocycles. The number of nitrogens with one attached hydrogen (secondary N) is 1. The summed E-state index contributed by atoms with van der Waals surface area (Å²) in [6, 6.07) is 6.78. The Kier molecular flexibility index (Phi) is 4.07. The normalized spacial score (nSPS) is 11.6. The van der Waals surface area contributed by atoms with Crippen molar-refractivity contribution in [1.82, 2.24) is 9.71 Å². The summed E-state index contributed by atoms with van der Waals surface area (Å²) in [6.45, 7) is -0.151. The van der Waals surface area contributed by atoms with Gasteiger partial charge >= 0.3 is 0 Å². The zero-order valence-electron chi connectivity index (χ0n) is 9.41. The van der Waals surface area contributed by atoms with Gasteiger partial charge < -0.3 is 5.11 Å². The number of thiophene rings is 1. The predicted octanol–water partition coefficient (Wildman–Crippen LogP) is 1.11. The first-order valence-electron chi connectivity index (χ1n) is 5.20. The summed E-state index contributed by atoms with van der Waals surface area (Å²) in [5.74, 6) is 0. The Morgan fingerprint density at radius 1 is 1.33 bits per heavy atom. The van der Waals surface area contributed by atoms with E-state index in [4.69, 9.17) is 5.11 Å². The van der Waals surface area contributed by atoms with Gasteiger partial charge in [-0.1, -0.05) is 6.07 Å². The van der Waals surface area contributed by atoms with Crippen LogP contribution in [0.1, 0.15) is 10.6 Å². The summed E-state index contributed by atoms with van der Waals surface area (Å²) in [4.78, 5) is 4.60. The third-order valence-corrected chi connectivity index (χ3v) is 4.83. The van der Waals surface area contributed by atoms with Crippen molar-refractivity contribution in [3.05, 3.63) is 46.4 Å². The van der Waals surface area contributed by atoms with Crippen LogP contribution in [0.25, 0.3) is 0 Å². The van der Waals surface area contributed by atoms with E-state index in [2.05, 4.69) is 9.71 Å². The van der Waals surface area contributed by atoms with Crippen LogP contribution >= 0.6 is 11.3 Å². The van der Waals surface area contributed by atoms with Crippen molar-refractivity contribution >= 4 is 21.4 Å². The summed E-state index contributed by atoms with van der Waals surface area (Å²) in [5.41, 5.74) is 0.641. The lowest BCUT2D eigenvalue weighted by Gasteiger charge is -2.06. The minimum atomic E-state index is -3.60. The van der Waals surface area contributed by atoms with Gasteiger partial charge in [0, 0.05) is 11.1 Å². The number of hydrogen-bond donors (Lipinski definition) is 2. The Balaban J connectivity index is 2.13. The maximum atomic E-state index is 12.0. The average molecular weight is 284 g/mol. The molecule has 0 saturated carbocycles. The molecule has 0 saturated heterocycles. The summed E-state index contributed by atoms with van der Waals surface area (Å²) in [6.07, 6.45) is 1.60. The SMILES string of the molecule is O=S(=O)(NCc1ccccn1)c1ccsc1CO. The molecule has 18 heavy (non-hydrogen) atoms.